The Morgan fingerprint density at radius 3 is 2.49 bits per heavy atom. The summed E-state index contributed by atoms with van der Waals surface area (Å²) in [4.78, 5) is 12.5. The molecule has 0 radical (unpaired) electrons. The highest BCUT2D eigenvalue weighted by Gasteiger charge is 2.15. The molecule has 0 fully saturated rings. The summed E-state index contributed by atoms with van der Waals surface area (Å²) in [5.41, 5.74) is 6.90. The average Bonchev–Trinajstić information content (AvgIpc) is 3.50. The zero-order valence-corrected chi connectivity index (χ0v) is 21.8. The highest BCUT2D eigenvalue weighted by atomic mass is 32.2. The molecule has 0 saturated carbocycles. The summed E-state index contributed by atoms with van der Waals surface area (Å²) >= 11 is 1.33. The number of rotatable bonds is 9. The fourth-order valence-corrected chi connectivity index (χ4v) is 5.26. The molecule has 2 heterocycles. The minimum atomic E-state index is -0.207. The Labute approximate surface area is 219 Å². The highest BCUT2D eigenvalue weighted by molar-refractivity contribution is 7.99. The van der Waals surface area contributed by atoms with Crippen LogP contribution in [-0.2, 0) is 17.9 Å². The maximum absolute atomic E-state index is 12.5. The van der Waals surface area contributed by atoms with E-state index in [2.05, 4.69) is 68.6 Å². The summed E-state index contributed by atoms with van der Waals surface area (Å²) in [6, 6.07) is 22.3. The van der Waals surface area contributed by atoms with E-state index in [-0.39, 0.29) is 11.7 Å². The van der Waals surface area contributed by atoms with Gasteiger partial charge in [0.15, 0.2) is 11.0 Å². The number of fused-ring (bicyclic) bond motifs is 3. The highest BCUT2D eigenvalue weighted by Crippen LogP contribution is 2.29. The monoisotopic (exact) mass is 512 g/mol. The normalized spacial score (nSPS) is 11.5. The number of ether oxygens (including phenoxy) is 1. The molecule has 0 aliphatic rings. The summed E-state index contributed by atoms with van der Waals surface area (Å²) in [6.45, 7) is 5.77. The van der Waals surface area contributed by atoms with Crippen LogP contribution in [0.1, 0.15) is 19.4 Å². The van der Waals surface area contributed by atoms with Crippen LogP contribution < -0.4 is 10.2 Å². The van der Waals surface area contributed by atoms with Gasteiger partial charge in [0.05, 0.1) is 19.1 Å². The van der Waals surface area contributed by atoms with Crippen molar-refractivity contribution in [1.82, 2.24) is 24.8 Å². The van der Waals surface area contributed by atoms with Crippen molar-refractivity contribution in [3.63, 3.8) is 0 Å². The molecule has 0 aliphatic heterocycles. The lowest BCUT2D eigenvalue weighted by atomic mass is 10.1. The van der Waals surface area contributed by atoms with Crippen molar-refractivity contribution in [2.45, 2.75) is 32.1 Å². The number of nitrogens with zero attached hydrogens (tertiary/aromatic N) is 5. The van der Waals surface area contributed by atoms with E-state index in [9.17, 15) is 4.79 Å². The maximum atomic E-state index is 12.5. The number of nitrogens with one attached hydrogen (secondary N) is 1. The van der Waals surface area contributed by atoms with Gasteiger partial charge in [-0.15, -0.1) is 10.2 Å². The Bertz CT molecular complexity index is 1590. The fourth-order valence-electron chi connectivity index (χ4n) is 4.47. The lowest BCUT2D eigenvalue weighted by Crippen LogP contribution is -2.20. The predicted molar refractivity (Wildman–Crippen MR) is 149 cm³/mol. The number of hydrogen-bond donors (Lipinski definition) is 1. The number of aryl methyl sites for hydroxylation is 1. The molecule has 2 aromatic heterocycles. The van der Waals surface area contributed by atoms with Crippen LogP contribution >= 0.6 is 11.8 Å². The molecule has 37 heavy (non-hydrogen) atoms. The molecule has 3 aromatic carbocycles. The van der Waals surface area contributed by atoms with Gasteiger partial charge in [0.2, 0.25) is 0 Å². The average molecular weight is 513 g/mol. The van der Waals surface area contributed by atoms with Crippen molar-refractivity contribution in [3.8, 4) is 17.1 Å². The second-order valence-electron chi connectivity index (χ2n) is 8.40. The van der Waals surface area contributed by atoms with E-state index in [1.807, 2.05) is 41.8 Å². The second kappa shape index (κ2) is 10.9. The third kappa shape index (κ3) is 4.95. The molecule has 0 atom stereocenters. The molecule has 0 aliphatic carbocycles. The van der Waals surface area contributed by atoms with Crippen LogP contribution in [0.2, 0.25) is 0 Å². The van der Waals surface area contributed by atoms with E-state index in [0.717, 1.165) is 29.2 Å². The first-order valence-corrected chi connectivity index (χ1v) is 13.1. The Kier molecular flexibility index (Phi) is 7.23. The number of aromatic nitrogens is 4. The summed E-state index contributed by atoms with van der Waals surface area (Å²) in [5.74, 6) is 1.51. The Hall–Kier alpha value is -4.11. The largest absolute Gasteiger partial charge is 0.497 e. The minimum absolute atomic E-state index is 0.182. The van der Waals surface area contributed by atoms with Crippen molar-refractivity contribution in [1.29, 1.82) is 0 Å². The third-order valence-electron chi connectivity index (χ3n) is 6.23. The molecular weight excluding hydrogens is 484 g/mol. The molecule has 0 bridgehead atoms. The van der Waals surface area contributed by atoms with Crippen LogP contribution in [-0.4, -0.2) is 44.3 Å². The van der Waals surface area contributed by atoms with Gasteiger partial charge in [0.25, 0.3) is 5.91 Å². The molecule has 9 heteroatoms. The van der Waals surface area contributed by atoms with Crippen molar-refractivity contribution >= 4 is 45.7 Å². The number of hydrogen-bond acceptors (Lipinski definition) is 6. The predicted octanol–water partition coefficient (Wildman–Crippen LogP) is 5.34. The molecule has 0 spiro atoms. The van der Waals surface area contributed by atoms with E-state index in [1.54, 1.807) is 13.3 Å². The topological polar surface area (TPSA) is 86.3 Å². The van der Waals surface area contributed by atoms with Crippen LogP contribution in [0, 0.1) is 0 Å². The van der Waals surface area contributed by atoms with Crippen LogP contribution in [0.5, 0.6) is 5.75 Å². The smallest absolute Gasteiger partial charge is 0.250 e. The van der Waals surface area contributed by atoms with Gasteiger partial charge in [-0.2, -0.15) is 5.10 Å². The number of carbonyl (C=O) groups is 1. The Balaban J connectivity index is 1.24. The van der Waals surface area contributed by atoms with Gasteiger partial charge >= 0.3 is 0 Å². The molecule has 5 aromatic rings. The standard InChI is InChI=1S/C28H28N6O2S/c1-4-33-24-9-7-6-8-22(24)23-16-19(10-15-25(23)33)17-29-30-26(35)18-37-28-32-31-27(34(28)5-2)20-11-13-21(36-3)14-12-20/h6-17H,4-5,18H2,1-3H3,(H,30,35). The molecule has 8 nitrogen and oxygen atoms in total. The molecule has 1 N–H and O–H groups in total. The quantitative estimate of drug-likeness (QED) is 0.164. The first kappa shape index (κ1) is 24.6. The van der Waals surface area contributed by atoms with Gasteiger partial charge in [-0.05, 0) is 61.9 Å². The van der Waals surface area contributed by atoms with Crippen LogP contribution in [0.3, 0.4) is 0 Å². The van der Waals surface area contributed by atoms with Crippen molar-refractivity contribution in [2.75, 3.05) is 12.9 Å². The van der Waals surface area contributed by atoms with Crippen molar-refractivity contribution < 1.29 is 9.53 Å². The minimum Gasteiger partial charge on any atom is -0.497 e. The van der Waals surface area contributed by atoms with E-state index in [0.29, 0.717) is 11.7 Å². The molecule has 188 valence electrons. The van der Waals surface area contributed by atoms with Crippen molar-refractivity contribution in [3.05, 3.63) is 72.3 Å². The summed E-state index contributed by atoms with van der Waals surface area (Å²) in [6.07, 6.45) is 1.68. The maximum Gasteiger partial charge on any atom is 0.250 e. The van der Waals surface area contributed by atoms with E-state index >= 15 is 0 Å². The Morgan fingerprint density at radius 2 is 1.73 bits per heavy atom. The van der Waals surface area contributed by atoms with Gasteiger partial charge in [-0.1, -0.05) is 36.0 Å². The molecule has 0 unspecified atom stereocenters. The molecule has 5 rings (SSSR count). The van der Waals surface area contributed by atoms with E-state index in [4.69, 9.17) is 4.74 Å². The van der Waals surface area contributed by atoms with E-state index in [1.165, 1.54) is 33.6 Å². The van der Waals surface area contributed by atoms with Gasteiger partial charge in [-0.3, -0.25) is 4.79 Å². The van der Waals surface area contributed by atoms with Gasteiger partial charge in [-0.25, -0.2) is 5.43 Å². The van der Waals surface area contributed by atoms with Crippen LogP contribution in [0.15, 0.2) is 77.0 Å². The summed E-state index contributed by atoms with van der Waals surface area (Å²) in [5, 5.41) is 15.9. The number of para-hydroxylation sites is 1. The summed E-state index contributed by atoms with van der Waals surface area (Å²) < 4.78 is 9.53. The number of hydrazone groups is 1. The SMILES string of the molecule is CCn1c(SCC(=O)NN=Cc2ccc3c(c2)c2ccccc2n3CC)nnc1-c1ccc(OC)cc1. The third-order valence-corrected chi connectivity index (χ3v) is 7.20. The van der Waals surface area contributed by atoms with Crippen molar-refractivity contribution in [2.24, 2.45) is 5.10 Å². The molecule has 1 amide bonds. The van der Waals surface area contributed by atoms with Gasteiger partial charge < -0.3 is 13.9 Å². The second-order valence-corrected chi connectivity index (χ2v) is 9.34. The molecule has 0 saturated heterocycles. The molecular formula is C28H28N6O2S. The number of amides is 1. The summed E-state index contributed by atoms with van der Waals surface area (Å²) in [7, 11) is 1.64. The van der Waals surface area contributed by atoms with Crippen LogP contribution in [0.25, 0.3) is 33.2 Å². The fraction of sp³-hybridized carbons (Fsp3) is 0.214. The first-order chi connectivity index (χ1) is 18.1. The first-order valence-electron chi connectivity index (χ1n) is 12.2. The number of carbonyl (C=O) groups excluding carboxylic acids is 1. The van der Waals surface area contributed by atoms with Gasteiger partial charge in [0, 0.05) is 40.5 Å². The van der Waals surface area contributed by atoms with Gasteiger partial charge in [0.1, 0.15) is 5.75 Å². The Morgan fingerprint density at radius 1 is 0.973 bits per heavy atom. The van der Waals surface area contributed by atoms with Crippen LogP contribution in [0.4, 0.5) is 0 Å². The number of methoxy groups -OCH3 is 1. The zero-order valence-electron chi connectivity index (χ0n) is 21.0. The number of thioether (sulfide) groups is 1. The zero-order chi connectivity index (χ0) is 25.8. The van der Waals surface area contributed by atoms with E-state index < -0.39 is 0 Å². The lowest BCUT2D eigenvalue weighted by molar-refractivity contribution is -0.118. The number of benzene rings is 3. The lowest BCUT2D eigenvalue weighted by Gasteiger charge is -2.07.